The third-order valence-electron chi connectivity index (χ3n) is 2.78. The van der Waals surface area contributed by atoms with Crippen LogP contribution in [0.25, 0.3) is 0 Å². The maximum Gasteiger partial charge on any atom is 0.277 e. The van der Waals surface area contributed by atoms with Gasteiger partial charge in [0.25, 0.3) is 5.91 Å². The van der Waals surface area contributed by atoms with Gasteiger partial charge < -0.3 is 4.74 Å². The van der Waals surface area contributed by atoms with Gasteiger partial charge in [-0.25, -0.2) is 5.43 Å². The molecule has 4 nitrogen and oxygen atoms in total. The highest BCUT2D eigenvalue weighted by Gasteiger charge is 2.03. The molecule has 0 radical (unpaired) electrons. The van der Waals surface area contributed by atoms with Crippen molar-refractivity contribution in [2.75, 3.05) is 6.61 Å². The molecule has 0 bridgehead atoms. The summed E-state index contributed by atoms with van der Waals surface area (Å²) in [6, 6.07) is 14.5. The maximum atomic E-state index is 11.7. The normalized spacial score (nSPS) is 11.1. The van der Waals surface area contributed by atoms with E-state index in [1.165, 1.54) is 0 Å². The molecule has 0 atom stereocenters. The van der Waals surface area contributed by atoms with Gasteiger partial charge in [-0.1, -0.05) is 45.7 Å². The van der Waals surface area contributed by atoms with Gasteiger partial charge in [-0.05, 0) is 42.8 Å². The minimum absolute atomic E-state index is 0.128. The van der Waals surface area contributed by atoms with Crippen molar-refractivity contribution in [1.82, 2.24) is 5.43 Å². The second-order valence-corrected chi connectivity index (χ2v) is 5.84. The number of rotatable bonds is 5. The third kappa shape index (κ3) is 5.16. The molecule has 2 rings (SSSR count). The van der Waals surface area contributed by atoms with Crippen LogP contribution >= 0.6 is 27.5 Å². The number of nitrogens with zero attached hydrogens (tertiary/aromatic N) is 1. The van der Waals surface area contributed by atoms with E-state index >= 15 is 0 Å². The summed E-state index contributed by atoms with van der Waals surface area (Å²) in [5.41, 5.74) is 4.10. The predicted octanol–water partition coefficient (Wildman–Crippen LogP) is 4.02. The average molecular weight is 382 g/mol. The van der Waals surface area contributed by atoms with E-state index < -0.39 is 0 Å². The fourth-order valence-corrected chi connectivity index (χ4v) is 2.08. The number of hydrogen-bond acceptors (Lipinski definition) is 3. The van der Waals surface area contributed by atoms with Crippen LogP contribution in [0.5, 0.6) is 5.75 Å². The molecular formula is C16H14BrClN2O2. The van der Waals surface area contributed by atoms with Crippen LogP contribution in [0.15, 0.2) is 58.1 Å². The molecule has 0 aliphatic carbocycles. The lowest BCUT2D eigenvalue weighted by molar-refractivity contribution is -0.123. The van der Waals surface area contributed by atoms with Gasteiger partial charge in [-0.3, -0.25) is 4.79 Å². The number of halogens is 2. The molecule has 6 heteroatoms. The predicted molar refractivity (Wildman–Crippen MR) is 91.4 cm³/mol. The standard InChI is InChI=1S/C16H14BrClN2O2/c1-11(12-5-7-13(17)8-6-12)19-20-16(21)10-22-15-4-2-3-14(18)9-15/h2-9H,10H2,1H3,(H,20,21)/b19-11+. The lowest BCUT2D eigenvalue weighted by atomic mass is 10.1. The Morgan fingerprint density at radius 3 is 2.68 bits per heavy atom. The van der Waals surface area contributed by atoms with Crippen LogP contribution in [0.4, 0.5) is 0 Å². The Balaban J connectivity index is 1.86. The molecular weight excluding hydrogens is 368 g/mol. The van der Waals surface area contributed by atoms with E-state index in [1.54, 1.807) is 24.3 Å². The van der Waals surface area contributed by atoms with E-state index in [9.17, 15) is 4.79 Å². The first-order chi connectivity index (χ1) is 10.5. The van der Waals surface area contributed by atoms with Crippen molar-refractivity contribution in [3.63, 3.8) is 0 Å². The highest BCUT2D eigenvalue weighted by Crippen LogP contribution is 2.16. The first-order valence-electron chi connectivity index (χ1n) is 6.52. The quantitative estimate of drug-likeness (QED) is 0.628. The summed E-state index contributed by atoms with van der Waals surface area (Å²) < 4.78 is 6.32. The molecule has 0 saturated heterocycles. The van der Waals surface area contributed by atoms with E-state index in [-0.39, 0.29) is 12.5 Å². The first kappa shape index (κ1) is 16.5. The molecule has 1 N–H and O–H groups in total. The number of carbonyl (C=O) groups excluding carboxylic acids is 1. The summed E-state index contributed by atoms with van der Waals surface area (Å²) in [6.07, 6.45) is 0. The van der Waals surface area contributed by atoms with Crippen LogP contribution < -0.4 is 10.2 Å². The first-order valence-corrected chi connectivity index (χ1v) is 7.69. The van der Waals surface area contributed by atoms with Crippen molar-refractivity contribution in [3.05, 3.63) is 63.6 Å². The molecule has 2 aromatic rings. The Kier molecular flexibility index (Phi) is 5.98. The molecule has 0 aromatic heterocycles. The SMILES string of the molecule is C/C(=N\NC(=O)COc1cccc(Cl)c1)c1ccc(Br)cc1. The second kappa shape index (κ2) is 7.96. The van der Waals surface area contributed by atoms with Crippen LogP contribution in [-0.2, 0) is 4.79 Å². The summed E-state index contributed by atoms with van der Waals surface area (Å²) in [5, 5.41) is 4.61. The maximum absolute atomic E-state index is 11.7. The largest absolute Gasteiger partial charge is 0.484 e. The summed E-state index contributed by atoms with van der Waals surface area (Å²) in [7, 11) is 0. The van der Waals surface area contributed by atoms with Gasteiger partial charge in [0.2, 0.25) is 0 Å². The number of carbonyl (C=O) groups is 1. The van der Waals surface area contributed by atoms with Gasteiger partial charge in [0.05, 0.1) is 5.71 Å². The van der Waals surface area contributed by atoms with Gasteiger partial charge in [0.1, 0.15) is 5.75 Å². The van der Waals surface area contributed by atoms with E-state index in [0.29, 0.717) is 16.5 Å². The Bertz CT molecular complexity index is 687. The molecule has 0 spiro atoms. The highest BCUT2D eigenvalue weighted by atomic mass is 79.9. The van der Waals surface area contributed by atoms with E-state index in [2.05, 4.69) is 26.5 Å². The number of hydrogen-bond donors (Lipinski definition) is 1. The van der Waals surface area contributed by atoms with Crippen LogP contribution in [0.2, 0.25) is 5.02 Å². The molecule has 114 valence electrons. The summed E-state index contributed by atoms with van der Waals surface area (Å²) >= 11 is 9.21. The van der Waals surface area contributed by atoms with Gasteiger partial charge >= 0.3 is 0 Å². The molecule has 22 heavy (non-hydrogen) atoms. The van der Waals surface area contributed by atoms with Gasteiger partial charge in [0, 0.05) is 9.50 Å². The minimum Gasteiger partial charge on any atom is -0.484 e. The lowest BCUT2D eigenvalue weighted by Crippen LogP contribution is -2.25. The molecule has 0 unspecified atom stereocenters. The van der Waals surface area contributed by atoms with Gasteiger partial charge in [0.15, 0.2) is 6.61 Å². The molecule has 0 heterocycles. The summed E-state index contributed by atoms with van der Waals surface area (Å²) in [5.74, 6) is 0.202. The van der Waals surface area contributed by atoms with Crippen molar-refractivity contribution in [1.29, 1.82) is 0 Å². The Labute approximate surface area is 142 Å². The zero-order valence-corrected chi connectivity index (χ0v) is 14.2. The Morgan fingerprint density at radius 2 is 2.00 bits per heavy atom. The molecule has 0 aliphatic rings. The molecule has 1 amide bonds. The van der Waals surface area contributed by atoms with Crippen molar-refractivity contribution in [2.45, 2.75) is 6.92 Å². The van der Waals surface area contributed by atoms with Crippen LogP contribution in [0.1, 0.15) is 12.5 Å². The monoisotopic (exact) mass is 380 g/mol. The third-order valence-corrected chi connectivity index (χ3v) is 3.54. The van der Waals surface area contributed by atoms with Crippen molar-refractivity contribution in [2.24, 2.45) is 5.10 Å². The lowest BCUT2D eigenvalue weighted by Gasteiger charge is -2.06. The van der Waals surface area contributed by atoms with Crippen molar-refractivity contribution in [3.8, 4) is 5.75 Å². The molecule has 0 fully saturated rings. The van der Waals surface area contributed by atoms with E-state index in [1.807, 2.05) is 31.2 Å². The number of ether oxygens (including phenoxy) is 1. The average Bonchev–Trinajstić information content (AvgIpc) is 2.51. The van der Waals surface area contributed by atoms with Crippen LogP contribution in [0.3, 0.4) is 0 Å². The van der Waals surface area contributed by atoms with E-state index in [4.69, 9.17) is 16.3 Å². The number of benzene rings is 2. The number of hydrazone groups is 1. The fourth-order valence-electron chi connectivity index (χ4n) is 1.64. The van der Waals surface area contributed by atoms with Crippen molar-refractivity contribution >= 4 is 39.1 Å². The second-order valence-electron chi connectivity index (χ2n) is 4.49. The number of amides is 1. The number of nitrogens with one attached hydrogen (secondary N) is 1. The van der Waals surface area contributed by atoms with E-state index in [0.717, 1.165) is 10.0 Å². The molecule has 0 aliphatic heterocycles. The topological polar surface area (TPSA) is 50.7 Å². The van der Waals surface area contributed by atoms with Crippen molar-refractivity contribution < 1.29 is 9.53 Å². The zero-order valence-electron chi connectivity index (χ0n) is 11.8. The Morgan fingerprint density at radius 1 is 1.27 bits per heavy atom. The zero-order chi connectivity index (χ0) is 15.9. The van der Waals surface area contributed by atoms with Crippen LogP contribution in [0, 0.1) is 0 Å². The summed E-state index contributed by atoms with van der Waals surface area (Å²) in [6.45, 7) is 1.69. The smallest absolute Gasteiger partial charge is 0.277 e. The molecule has 0 saturated carbocycles. The fraction of sp³-hybridized carbons (Fsp3) is 0.125. The summed E-state index contributed by atoms with van der Waals surface area (Å²) in [4.78, 5) is 11.7. The van der Waals surface area contributed by atoms with Crippen LogP contribution in [-0.4, -0.2) is 18.2 Å². The highest BCUT2D eigenvalue weighted by molar-refractivity contribution is 9.10. The van der Waals surface area contributed by atoms with Gasteiger partial charge in [-0.2, -0.15) is 5.10 Å². The minimum atomic E-state index is -0.337. The van der Waals surface area contributed by atoms with Gasteiger partial charge in [-0.15, -0.1) is 0 Å². The Hall–Kier alpha value is -1.85. The molecule has 2 aromatic carbocycles.